The van der Waals surface area contributed by atoms with Crippen LogP contribution in [0.5, 0.6) is 0 Å². The molecule has 1 aromatic rings. The van der Waals surface area contributed by atoms with Crippen LogP contribution in [0.4, 0.5) is 14.5 Å². The lowest BCUT2D eigenvalue weighted by molar-refractivity contribution is 0.396. The van der Waals surface area contributed by atoms with Gasteiger partial charge in [0.2, 0.25) is 0 Å². The monoisotopic (exact) mass is 265 g/mol. The molecule has 1 saturated heterocycles. The molecule has 0 amide bonds. The molecule has 0 aliphatic carbocycles. The van der Waals surface area contributed by atoms with Crippen molar-refractivity contribution < 1.29 is 8.78 Å². The molecule has 5 heteroatoms. The summed E-state index contributed by atoms with van der Waals surface area (Å²) in [5.74, 6) is -0.906. The number of hydrogen-bond donors (Lipinski definition) is 1. The van der Waals surface area contributed by atoms with Gasteiger partial charge in [-0.3, -0.25) is 0 Å². The average Bonchev–Trinajstić information content (AvgIpc) is 2.38. The molecule has 0 bridgehead atoms. The van der Waals surface area contributed by atoms with Gasteiger partial charge < -0.3 is 10.2 Å². The first kappa shape index (κ1) is 13.8. The molecule has 3 nitrogen and oxygen atoms in total. The number of benzene rings is 1. The Hall–Kier alpha value is -1.67. The van der Waals surface area contributed by atoms with Gasteiger partial charge in [0.05, 0.1) is 11.6 Å². The van der Waals surface area contributed by atoms with Crippen LogP contribution in [-0.2, 0) is 0 Å². The van der Waals surface area contributed by atoms with Crippen LogP contribution >= 0.6 is 0 Å². The van der Waals surface area contributed by atoms with Crippen LogP contribution < -0.4 is 10.2 Å². The van der Waals surface area contributed by atoms with Crippen molar-refractivity contribution >= 4 is 5.69 Å². The van der Waals surface area contributed by atoms with E-state index in [2.05, 4.69) is 5.32 Å². The Labute approximate surface area is 111 Å². The van der Waals surface area contributed by atoms with Gasteiger partial charge in [0.15, 0.2) is 11.6 Å². The highest BCUT2D eigenvalue weighted by molar-refractivity contribution is 5.53. The van der Waals surface area contributed by atoms with Crippen LogP contribution in [0.3, 0.4) is 0 Å². The predicted octanol–water partition coefficient (Wildman–Crippen LogP) is 2.27. The number of nitriles is 1. The van der Waals surface area contributed by atoms with Gasteiger partial charge in [-0.05, 0) is 44.5 Å². The lowest BCUT2D eigenvalue weighted by Crippen LogP contribution is -2.40. The second-order valence-electron chi connectivity index (χ2n) is 4.91. The summed E-state index contributed by atoms with van der Waals surface area (Å²) in [6.07, 6.45) is 1.99. The Morgan fingerprint density at radius 1 is 1.42 bits per heavy atom. The van der Waals surface area contributed by atoms with Crippen LogP contribution in [0.2, 0.25) is 0 Å². The van der Waals surface area contributed by atoms with Crippen LogP contribution in [0.25, 0.3) is 0 Å². The minimum atomic E-state index is -0.651. The number of rotatable bonds is 3. The number of piperidine rings is 1. The van der Waals surface area contributed by atoms with Crippen LogP contribution in [0.15, 0.2) is 12.1 Å². The number of halogens is 2. The first-order valence-corrected chi connectivity index (χ1v) is 6.44. The van der Waals surface area contributed by atoms with Gasteiger partial charge in [-0.1, -0.05) is 0 Å². The molecule has 1 N–H and O–H groups in total. The van der Waals surface area contributed by atoms with E-state index in [0.29, 0.717) is 19.0 Å². The van der Waals surface area contributed by atoms with E-state index in [1.807, 2.05) is 7.05 Å². The maximum atomic E-state index is 13.9. The highest BCUT2D eigenvalue weighted by Gasteiger charge is 2.24. The van der Waals surface area contributed by atoms with E-state index in [9.17, 15) is 8.78 Å². The smallest absolute Gasteiger partial charge is 0.150 e. The first-order chi connectivity index (χ1) is 9.15. The summed E-state index contributed by atoms with van der Waals surface area (Å²) in [5.41, 5.74) is 0.0161. The number of nitrogens with one attached hydrogen (secondary N) is 1. The zero-order chi connectivity index (χ0) is 13.8. The van der Waals surface area contributed by atoms with E-state index in [-0.39, 0.29) is 11.3 Å². The molecule has 1 atom stereocenters. The fraction of sp³-hybridized carbons (Fsp3) is 0.500. The third kappa shape index (κ3) is 3.02. The number of nitrogens with zero attached hydrogens (tertiary/aromatic N) is 2. The first-order valence-electron chi connectivity index (χ1n) is 6.44. The molecule has 0 aromatic heterocycles. The summed E-state index contributed by atoms with van der Waals surface area (Å²) in [6, 6.07) is 3.95. The molecule has 1 fully saturated rings. The van der Waals surface area contributed by atoms with Crippen molar-refractivity contribution in [1.82, 2.24) is 5.32 Å². The Morgan fingerprint density at radius 3 is 2.68 bits per heavy atom. The second-order valence-corrected chi connectivity index (χ2v) is 4.91. The summed E-state index contributed by atoms with van der Waals surface area (Å²) in [4.78, 5) is 1.75. The van der Waals surface area contributed by atoms with Crippen molar-refractivity contribution in [3.63, 3.8) is 0 Å². The van der Waals surface area contributed by atoms with Crippen LogP contribution in [0, 0.1) is 28.9 Å². The minimum Gasteiger partial charge on any atom is -0.366 e. The minimum absolute atomic E-state index is 0.000182. The van der Waals surface area contributed by atoms with E-state index in [1.54, 1.807) is 11.0 Å². The molecule has 0 radical (unpaired) electrons. The van der Waals surface area contributed by atoms with Crippen molar-refractivity contribution in [3.8, 4) is 6.07 Å². The summed E-state index contributed by atoms with van der Waals surface area (Å²) >= 11 is 0. The highest BCUT2D eigenvalue weighted by Crippen LogP contribution is 2.29. The summed E-state index contributed by atoms with van der Waals surface area (Å²) in [5, 5.41) is 11.8. The highest BCUT2D eigenvalue weighted by atomic mass is 19.1. The standard InChI is InChI=1S/C14H17F2N3/c1-18-8-10-3-2-4-19(9-10)14-12(15)5-11(7-17)6-13(14)16/h5-6,10,18H,2-4,8-9H2,1H3. The Kier molecular flexibility index (Phi) is 4.33. The second kappa shape index (κ2) is 5.98. The maximum absolute atomic E-state index is 13.9. The van der Waals surface area contributed by atoms with Crippen molar-refractivity contribution in [1.29, 1.82) is 5.26 Å². The molecule has 0 saturated carbocycles. The molecule has 1 heterocycles. The van der Waals surface area contributed by atoms with Gasteiger partial charge in [0, 0.05) is 13.1 Å². The van der Waals surface area contributed by atoms with E-state index in [4.69, 9.17) is 5.26 Å². The van der Waals surface area contributed by atoms with Crippen molar-refractivity contribution in [2.45, 2.75) is 12.8 Å². The predicted molar refractivity (Wildman–Crippen MR) is 69.9 cm³/mol. The van der Waals surface area contributed by atoms with Crippen LogP contribution in [-0.4, -0.2) is 26.7 Å². The van der Waals surface area contributed by atoms with Gasteiger partial charge in [0.25, 0.3) is 0 Å². The summed E-state index contributed by atoms with van der Waals surface area (Å²) in [6.45, 7) is 2.14. The van der Waals surface area contributed by atoms with Crippen LogP contribution in [0.1, 0.15) is 18.4 Å². The molecule has 1 aliphatic rings. The molecule has 102 valence electrons. The van der Waals surface area contributed by atoms with Crippen molar-refractivity contribution in [2.24, 2.45) is 5.92 Å². The average molecular weight is 265 g/mol. The van der Waals surface area contributed by atoms with Gasteiger partial charge in [-0.2, -0.15) is 5.26 Å². The quantitative estimate of drug-likeness (QED) is 0.911. The zero-order valence-electron chi connectivity index (χ0n) is 10.9. The molecule has 2 rings (SSSR count). The van der Waals surface area contributed by atoms with E-state index in [0.717, 1.165) is 31.5 Å². The summed E-state index contributed by atoms with van der Waals surface area (Å²) in [7, 11) is 1.88. The lowest BCUT2D eigenvalue weighted by atomic mass is 9.97. The molecule has 1 unspecified atom stereocenters. The molecule has 19 heavy (non-hydrogen) atoms. The van der Waals surface area contributed by atoms with Gasteiger partial charge in [0.1, 0.15) is 5.69 Å². The third-order valence-electron chi connectivity index (χ3n) is 3.47. The fourth-order valence-electron chi connectivity index (χ4n) is 2.66. The van der Waals surface area contributed by atoms with E-state index >= 15 is 0 Å². The summed E-state index contributed by atoms with van der Waals surface area (Å²) < 4.78 is 27.9. The van der Waals surface area contributed by atoms with Crippen molar-refractivity contribution in [2.75, 3.05) is 31.6 Å². The topological polar surface area (TPSA) is 39.1 Å². The number of hydrogen-bond acceptors (Lipinski definition) is 3. The normalized spacial score (nSPS) is 19.3. The van der Waals surface area contributed by atoms with E-state index < -0.39 is 11.6 Å². The third-order valence-corrected chi connectivity index (χ3v) is 3.47. The molecule has 1 aliphatic heterocycles. The van der Waals surface area contributed by atoms with Gasteiger partial charge in [-0.25, -0.2) is 8.78 Å². The molecular formula is C14H17F2N3. The number of anilines is 1. The van der Waals surface area contributed by atoms with Gasteiger partial charge in [-0.15, -0.1) is 0 Å². The maximum Gasteiger partial charge on any atom is 0.150 e. The molecule has 0 spiro atoms. The Balaban J connectivity index is 2.24. The Bertz CT molecular complexity index is 471. The zero-order valence-corrected chi connectivity index (χ0v) is 10.9. The largest absolute Gasteiger partial charge is 0.366 e. The molecule has 1 aromatic carbocycles. The SMILES string of the molecule is CNCC1CCCN(c2c(F)cc(C#N)cc2F)C1. The molecular weight excluding hydrogens is 248 g/mol. The van der Waals surface area contributed by atoms with Gasteiger partial charge >= 0.3 is 0 Å². The van der Waals surface area contributed by atoms with E-state index in [1.165, 1.54) is 0 Å². The Morgan fingerprint density at radius 2 is 2.11 bits per heavy atom. The van der Waals surface area contributed by atoms with Crippen molar-refractivity contribution in [3.05, 3.63) is 29.3 Å². The lowest BCUT2D eigenvalue weighted by Gasteiger charge is -2.34. The fourth-order valence-corrected chi connectivity index (χ4v) is 2.66.